The molecule has 0 radical (unpaired) electrons. The van der Waals surface area contributed by atoms with Crippen LogP contribution in [0.25, 0.3) is 0 Å². The number of halogens is 1. The lowest BCUT2D eigenvalue weighted by molar-refractivity contribution is 0.0695. The first kappa shape index (κ1) is 15.1. The fraction of sp³-hybridized carbons (Fsp3) is 0.278. The molecular formula is C18H18ClNO2. The van der Waals surface area contributed by atoms with E-state index < -0.39 is 5.97 Å². The molecule has 0 bridgehead atoms. The van der Waals surface area contributed by atoms with Crippen molar-refractivity contribution in [1.29, 1.82) is 0 Å². The van der Waals surface area contributed by atoms with E-state index in [-0.39, 0.29) is 5.92 Å². The first-order chi connectivity index (χ1) is 10.6. The van der Waals surface area contributed by atoms with Crippen LogP contribution in [0, 0.1) is 0 Å². The van der Waals surface area contributed by atoms with Crippen molar-refractivity contribution in [1.82, 2.24) is 4.90 Å². The van der Waals surface area contributed by atoms with E-state index in [1.807, 2.05) is 36.4 Å². The molecule has 0 spiro atoms. The van der Waals surface area contributed by atoms with Gasteiger partial charge in [-0.15, -0.1) is 0 Å². The lowest BCUT2D eigenvalue weighted by atomic mass is 9.93. The number of carboxylic acid groups (broad SMARTS) is 1. The van der Waals surface area contributed by atoms with Crippen molar-refractivity contribution in [3.8, 4) is 0 Å². The minimum atomic E-state index is -0.847. The Hall–Kier alpha value is -1.84. The van der Waals surface area contributed by atoms with Crippen molar-refractivity contribution >= 4 is 17.6 Å². The Morgan fingerprint density at radius 1 is 1.18 bits per heavy atom. The highest BCUT2D eigenvalue weighted by atomic mass is 35.5. The predicted octanol–water partition coefficient (Wildman–Crippen LogP) is 4.03. The van der Waals surface area contributed by atoms with Crippen LogP contribution < -0.4 is 0 Å². The molecule has 114 valence electrons. The number of rotatable bonds is 4. The fourth-order valence-electron chi connectivity index (χ4n) is 3.15. The van der Waals surface area contributed by atoms with Crippen molar-refractivity contribution < 1.29 is 9.90 Å². The second kappa shape index (κ2) is 6.51. The second-order valence-corrected chi connectivity index (χ2v) is 6.11. The number of likely N-dealkylation sites (tertiary alicyclic amines) is 1. The first-order valence-corrected chi connectivity index (χ1v) is 7.81. The number of aromatic carboxylic acids is 1. The Balaban J connectivity index is 1.73. The zero-order valence-corrected chi connectivity index (χ0v) is 13.0. The molecular weight excluding hydrogens is 298 g/mol. The van der Waals surface area contributed by atoms with Crippen molar-refractivity contribution in [3.05, 3.63) is 70.2 Å². The Morgan fingerprint density at radius 2 is 1.91 bits per heavy atom. The summed E-state index contributed by atoms with van der Waals surface area (Å²) in [5, 5.41) is 10.1. The molecule has 0 amide bonds. The molecule has 1 saturated heterocycles. The molecule has 4 heteroatoms. The number of hydrogen-bond acceptors (Lipinski definition) is 2. The zero-order valence-electron chi connectivity index (χ0n) is 12.2. The van der Waals surface area contributed by atoms with Crippen molar-refractivity contribution in [2.45, 2.75) is 18.9 Å². The summed E-state index contributed by atoms with van der Waals surface area (Å²) in [7, 11) is 0. The molecule has 22 heavy (non-hydrogen) atoms. The van der Waals surface area contributed by atoms with E-state index in [4.69, 9.17) is 11.6 Å². The largest absolute Gasteiger partial charge is 0.478 e. The van der Waals surface area contributed by atoms with Crippen LogP contribution in [0.3, 0.4) is 0 Å². The third-order valence-electron chi connectivity index (χ3n) is 4.26. The summed E-state index contributed by atoms with van der Waals surface area (Å²) in [5.41, 5.74) is 2.49. The topological polar surface area (TPSA) is 40.5 Å². The molecule has 1 aliphatic heterocycles. The highest BCUT2D eigenvalue weighted by Gasteiger charge is 2.27. The van der Waals surface area contributed by atoms with Crippen molar-refractivity contribution in [2.75, 3.05) is 13.1 Å². The van der Waals surface area contributed by atoms with Crippen LogP contribution in [-0.4, -0.2) is 29.1 Å². The highest BCUT2D eigenvalue weighted by Crippen LogP contribution is 2.31. The smallest absolute Gasteiger partial charge is 0.335 e. The van der Waals surface area contributed by atoms with E-state index in [0.29, 0.717) is 5.56 Å². The monoisotopic (exact) mass is 315 g/mol. The molecule has 1 atom stereocenters. The molecule has 1 aliphatic rings. The normalized spacial score (nSPS) is 18.5. The molecule has 0 saturated carbocycles. The van der Waals surface area contributed by atoms with Crippen molar-refractivity contribution in [2.24, 2.45) is 0 Å². The van der Waals surface area contributed by atoms with Crippen LogP contribution in [0.1, 0.15) is 33.8 Å². The summed E-state index contributed by atoms with van der Waals surface area (Å²) in [6.07, 6.45) is 0.981. The minimum Gasteiger partial charge on any atom is -0.478 e. The molecule has 1 N–H and O–H groups in total. The van der Waals surface area contributed by atoms with Gasteiger partial charge in [0.1, 0.15) is 0 Å². The third kappa shape index (κ3) is 3.16. The lowest BCUT2D eigenvalue weighted by Gasteiger charge is -2.18. The molecule has 2 aromatic carbocycles. The van der Waals surface area contributed by atoms with Gasteiger partial charge in [-0.2, -0.15) is 0 Å². The van der Waals surface area contributed by atoms with E-state index in [2.05, 4.69) is 4.90 Å². The Labute approximate surface area is 135 Å². The molecule has 0 aliphatic carbocycles. The second-order valence-electron chi connectivity index (χ2n) is 5.70. The number of benzene rings is 2. The molecule has 2 aromatic rings. The summed E-state index contributed by atoms with van der Waals surface area (Å²) < 4.78 is 0. The SMILES string of the molecule is O=C(O)c1ccccc1[C@@H]1CCN(Cc2ccccc2Cl)C1. The van der Waals surface area contributed by atoms with Gasteiger partial charge in [0.15, 0.2) is 0 Å². The number of nitrogens with zero attached hydrogens (tertiary/aromatic N) is 1. The van der Waals surface area contributed by atoms with Crippen LogP contribution in [0.2, 0.25) is 5.02 Å². The average Bonchev–Trinajstić information content (AvgIpc) is 2.98. The highest BCUT2D eigenvalue weighted by molar-refractivity contribution is 6.31. The fourth-order valence-corrected chi connectivity index (χ4v) is 3.34. The van der Waals surface area contributed by atoms with Crippen LogP contribution in [0.5, 0.6) is 0 Å². The maximum absolute atomic E-state index is 11.4. The van der Waals surface area contributed by atoms with Crippen molar-refractivity contribution in [3.63, 3.8) is 0 Å². The minimum absolute atomic E-state index is 0.273. The Morgan fingerprint density at radius 3 is 2.68 bits per heavy atom. The lowest BCUT2D eigenvalue weighted by Crippen LogP contribution is -2.20. The quantitative estimate of drug-likeness (QED) is 0.926. The van der Waals surface area contributed by atoms with Gasteiger partial charge < -0.3 is 5.11 Å². The van der Waals surface area contributed by atoms with Gasteiger partial charge in [-0.3, -0.25) is 4.90 Å². The van der Waals surface area contributed by atoms with Gasteiger partial charge in [0.05, 0.1) is 5.56 Å². The predicted molar refractivity (Wildman–Crippen MR) is 87.5 cm³/mol. The number of hydrogen-bond donors (Lipinski definition) is 1. The van der Waals surface area contributed by atoms with Crippen LogP contribution in [0.15, 0.2) is 48.5 Å². The first-order valence-electron chi connectivity index (χ1n) is 7.43. The molecule has 3 nitrogen and oxygen atoms in total. The van der Waals surface area contributed by atoms with E-state index in [9.17, 15) is 9.90 Å². The van der Waals surface area contributed by atoms with E-state index in [1.165, 1.54) is 0 Å². The number of carbonyl (C=O) groups is 1. The third-order valence-corrected chi connectivity index (χ3v) is 4.62. The van der Waals surface area contributed by atoms with Gasteiger partial charge in [-0.05, 0) is 42.1 Å². The van der Waals surface area contributed by atoms with E-state index in [0.717, 1.165) is 42.2 Å². The maximum Gasteiger partial charge on any atom is 0.335 e. The summed E-state index contributed by atoms with van der Waals surface area (Å²) >= 11 is 6.22. The van der Waals surface area contributed by atoms with Gasteiger partial charge in [-0.1, -0.05) is 48.0 Å². The molecule has 0 unspecified atom stereocenters. The van der Waals surface area contributed by atoms with Gasteiger partial charge >= 0.3 is 5.97 Å². The summed E-state index contributed by atoms with van der Waals surface area (Å²) in [4.78, 5) is 13.7. The van der Waals surface area contributed by atoms with Gasteiger partial charge in [0.25, 0.3) is 0 Å². The summed E-state index contributed by atoms with van der Waals surface area (Å²) in [5.74, 6) is -0.574. The van der Waals surface area contributed by atoms with E-state index in [1.54, 1.807) is 12.1 Å². The van der Waals surface area contributed by atoms with Crippen LogP contribution in [0.4, 0.5) is 0 Å². The van der Waals surface area contributed by atoms with Crippen LogP contribution in [-0.2, 0) is 6.54 Å². The number of carboxylic acids is 1. The maximum atomic E-state index is 11.4. The Kier molecular flexibility index (Phi) is 4.46. The Bertz CT molecular complexity index is 686. The molecule has 1 fully saturated rings. The molecule has 3 rings (SSSR count). The molecule has 0 aromatic heterocycles. The summed E-state index contributed by atoms with van der Waals surface area (Å²) in [6, 6.07) is 15.2. The zero-order chi connectivity index (χ0) is 15.5. The van der Waals surface area contributed by atoms with E-state index >= 15 is 0 Å². The molecule has 1 heterocycles. The summed E-state index contributed by atoms with van der Waals surface area (Å²) in [6.45, 7) is 2.64. The van der Waals surface area contributed by atoms with Gasteiger partial charge in [-0.25, -0.2) is 4.79 Å². The standard InChI is InChI=1S/C18H18ClNO2/c19-17-8-4-1-5-14(17)12-20-10-9-13(11-20)15-6-2-3-7-16(15)18(21)22/h1-8,13H,9-12H2,(H,21,22)/t13-/m1/s1. The van der Waals surface area contributed by atoms with Gasteiger partial charge in [0, 0.05) is 18.1 Å². The average molecular weight is 316 g/mol. The van der Waals surface area contributed by atoms with Gasteiger partial charge in [0.2, 0.25) is 0 Å². The van der Waals surface area contributed by atoms with Crippen LogP contribution >= 0.6 is 11.6 Å².